The fourth-order valence-corrected chi connectivity index (χ4v) is 3.41. The van der Waals surface area contributed by atoms with Crippen molar-refractivity contribution in [2.24, 2.45) is 0 Å². The van der Waals surface area contributed by atoms with Crippen molar-refractivity contribution in [2.45, 2.75) is 6.54 Å². The van der Waals surface area contributed by atoms with Gasteiger partial charge in [-0.2, -0.15) is 5.10 Å². The monoisotopic (exact) mass is 358 g/mol. The van der Waals surface area contributed by atoms with Crippen LogP contribution in [0.1, 0.15) is 15.9 Å². The average molecular weight is 358 g/mol. The molecule has 6 heteroatoms. The molecule has 0 atom stereocenters. The number of benzene rings is 3. The summed E-state index contributed by atoms with van der Waals surface area (Å²) in [6.45, 7) is 0.347. The third-order valence-corrected chi connectivity index (χ3v) is 4.82. The molecule has 0 aliphatic rings. The van der Waals surface area contributed by atoms with E-state index in [2.05, 4.69) is 20.5 Å². The van der Waals surface area contributed by atoms with Crippen LogP contribution in [0.15, 0.2) is 60.8 Å². The molecule has 5 nitrogen and oxygen atoms in total. The van der Waals surface area contributed by atoms with Gasteiger partial charge in [0.15, 0.2) is 0 Å². The van der Waals surface area contributed by atoms with Gasteiger partial charge >= 0.3 is 0 Å². The van der Waals surface area contributed by atoms with Gasteiger partial charge in [-0.3, -0.25) is 9.89 Å². The Balaban J connectivity index is 1.48. The van der Waals surface area contributed by atoms with Crippen LogP contribution in [0.25, 0.3) is 32.7 Å². The Labute approximate surface area is 153 Å². The van der Waals surface area contributed by atoms with E-state index in [1.165, 1.54) is 12.1 Å². The van der Waals surface area contributed by atoms with Gasteiger partial charge in [-0.25, -0.2) is 4.39 Å². The van der Waals surface area contributed by atoms with Crippen molar-refractivity contribution in [3.63, 3.8) is 0 Å². The summed E-state index contributed by atoms with van der Waals surface area (Å²) in [4.78, 5) is 15.9. The predicted octanol–water partition coefficient (Wildman–Crippen LogP) is 4.27. The van der Waals surface area contributed by atoms with Gasteiger partial charge in [-0.05, 0) is 35.9 Å². The lowest BCUT2D eigenvalue weighted by Crippen LogP contribution is -2.22. The van der Waals surface area contributed by atoms with Crippen molar-refractivity contribution in [1.82, 2.24) is 20.5 Å². The first kappa shape index (κ1) is 15.6. The lowest BCUT2D eigenvalue weighted by atomic mass is 10.1. The molecule has 5 aromatic rings. The van der Waals surface area contributed by atoms with Gasteiger partial charge in [-0.15, -0.1) is 0 Å². The van der Waals surface area contributed by atoms with Crippen molar-refractivity contribution in [1.29, 1.82) is 0 Å². The molecule has 132 valence electrons. The maximum atomic E-state index is 13.0. The standard InChI is InChI=1S/C21H15FN4O/c22-15-5-1-12(2-6-15)10-23-21(27)13-4-8-18-17(9-13)16-7-3-14-11-24-26-19(14)20(16)25-18/h1-9,11,25H,10H2,(H,23,27)(H,24,26). The van der Waals surface area contributed by atoms with E-state index in [0.29, 0.717) is 12.1 Å². The van der Waals surface area contributed by atoms with Gasteiger partial charge in [0, 0.05) is 33.8 Å². The number of hydrogen-bond donors (Lipinski definition) is 3. The minimum Gasteiger partial charge on any atom is -0.353 e. The topological polar surface area (TPSA) is 73.6 Å². The molecule has 2 aromatic heterocycles. The molecule has 3 aromatic carbocycles. The highest BCUT2D eigenvalue weighted by molar-refractivity contribution is 6.16. The number of aromatic amines is 2. The van der Waals surface area contributed by atoms with Crippen molar-refractivity contribution < 1.29 is 9.18 Å². The van der Waals surface area contributed by atoms with E-state index in [-0.39, 0.29) is 11.7 Å². The highest BCUT2D eigenvalue weighted by Gasteiger charge is 2.12. The molecule has 0 bridgehead atoms. The van der Waals surface area contributed by atoms with Crippen LogP contribution in [-0.2, 0) is 6.54 Å². The minimum atomic E-state index is -0.291. The molecular formula is C21H15FN4O. The summed E-state index contributed by atoms with van der Waals surface area (Å²) < 4.78 is 13.0. The zero-order chi connectivity index (χ0) is 18.4. The van der Waals surface area contributed by atoms with Crippen molar-refractivity contribution in [3.8, 4) is 0 Å². The SMILES string of the molecule is O=C(NCc1ccc(F)cc1)c1ccc2[nH]c3c(ccc4cn[nH]c43)c2c1. The molecule has 2 heterocycles. The van der Waals surface area contributed by atoms with E-state index >= 15 is 0 Å². The highest BCUT2D eigenvalue weighted by atomic mass is 19.1. The number of H-pyrrole nitrogens is 2. The molecular weight excluding hydrogens is 343 g/mol. The van der Waals surface area contributed by atoms with Crippen LogP contribution in [0, 0.1) is 5.82 Å². The third-order valence-electron chi connectivity index (χ3n) is 4.82. The van der Waals surface area contributed by atoms with Gasteiger partial charge in [0.1, 0.15) is 5.82 Å². The lowest BCUT2D eigenvalue weighted by molar-refractivity contribution is 0.0951. The summed E-state index contributed by atoms with van der Waals surface area (Å²) in [5.74, 6) is -0.459. The van der Waals surface area contributed by atoms with Gasteiger partial charge in [0.25, 0.3) is 5.91 Å². The molecule has 0 radical (unpaired) electrons. The molecule has 1 amide bonds. The summed E-state index contributed by atoms with van der Waals surface area (Å²) in [5.41, 5.74) is 4.31. The second-order valence-corrected chi connectivity index (χ2v) is 6.52. The number of nitrogens with zero attached hydrogens (tertiary/aromatic N) is 1. The van der Waals surface area contributed by atoms with Crippen LogP contribution in [-0.4, -0.2) is 21.1 Å². The Hall–Kier alpha value is -3.67. The Morgan fingerprint density at radius 3 is 2.70 bits per heavy atom. The fourth-order valence-electron chi connectivity index (χ4n) is 3.41. The van der Waals surface area contributed by atoms with Gasteiger partial charge in [0.2, 0.25) is 0 Å². The molecule has 0 spiro atoms. The maximum absolute atomic E-state index is 13.0. The maximum Gasteiger partial charge on any atom is 0.251 e. The second kappa shape index (κ2) is 5.95. The molecule has 0 fully saturated rings. The lowest BCUT2D eigenvalue weighted by Gasteiger charge is -2.06. The number of rotatable bonds is 3. The first-order chi connectivity index (χ1) is 13.2. The number of fused-ring (bicyclic) bond motifs is 5. The van der Waals surface area contributed by atoms with E-state index in [1.807, 2.05) is 24.3 Å². The Bertz CT molecular complexity index is 1300. The van der Waals surface area contributed by atoms with Crippen LogP contribution >= 0.6 is 0 Å². The number of carbonyl (C=O) groups excluding carboxylic acids is 1. The molecule has 3 N–H and O–H groups in total. The van der Waals surface area contributed by atoms with E-state index in [0.717, 1.165) is 38.3 Å². The van der Waals surface area contributed by atoms with Crippen LogP contribution in [0.3, 0.4) is 0 Å². The normalized spacial score (nSPS) is 11.4. The number of carbonyl (C=O) groups is 1. The van der Waals surface area contributed by atoms with Crippen LogP contribution in [0.4, 0.5) is 4.39 Å². The third kappa shape index (κ3) is 2.62. The Morgan fingerprint density at radius 2 is 1.85 bits per heavy atom. The molecule has 5 rings (SSSR count). The number of halogens is 1. The zero-order valence-electron chi connectivity index (χ0n) is 14.2. The van der Waals surface area contributed by atoms with E-state index in [9.17, 15) is 9.18 Å². The van der Waals surface area contributed by atoms with Gasteiger partial charge in [-0.1, -0.05) is 24.3 Å². The summed E-state index contributed by atoms with van der Waals surface area (Å²) >= 11 is 0. The van der Waals surface area contributed by atoms with Gasteiger partial charge in [0.05, 0.1) is 17.2 Å². The van der Waals surface area contributed by atoms with Crippen molar-refractivity contribution >= 4 is 38.6 Å². The molecule has 0 aliphatic carbocycles. The van der Waals surface area contributed by atoms with E-state index in [4.69, 9.17) is 0 Å². The molecule has 0 saturated heterocycles. The number of nitrogens with one attached hydrogen (secondary N) is 3. The first-order valence-corrected chi connectivity index (χ1v) is 8.59. The fraction of sp³-hybridized carbons (Fsp3) is 0.0476. The smallest absolute Gasteiger partial charge is 0.251 e. The van der Waals surface area contributed by atoms with Crippen LogP contribution in [0.5, 0.6) is 0 Å². The molecule has 0 saturated carbocycles. The van der Waals surface area contributed by atoms with E-state index < -0.39 is 0 Å². The van der Waals surface area contributed by atoms with Crippen LogP contribution < -0.4 is 5.32 Å². The molecule has 0 aliphatic heterocycles. The second-order valence-electron chi connectivity index (χ2n) is 6.52. The summed E-state index contributed by atoms with van der Waals surface area (Å²) in [6, 6.07) is 15.7. The summed E-state index contributed by atoms with van der Waals surface area (Å²) in [5, 5.41) is 13.0. The van der Waals surface area contributed by atoms with Crippen molar-refractivity contribution in [2.75, 3.05) is 0 Å². The summed E-state index contributed by atoms with van der Waals surface area (Å²) in [7, 11) is 0. The quantitative estimate of drug-likeness (QED) is 0.451. The first-order valence-electron chi connectivity index (χ1n) is 8.59. The molecule has 0 unspecified atom stereocenters. The summed E-state index contributed by atoms with van der Waals surface area (Å²) in [6.07, 6.45) is 1.79. The minimum absolute atomic E-state index is 0.168. The number of aromatic nitrogens is 3. The number of amides is 1. The number of hydrogen-bond acceptors (Lipinski definition) is 2. The van der Waals surface area contributed by atoms with Crippen molar-refractivity contribution in [3.05, 3.63) is 77.7 Å². The van der Waals surface area contributed by atoms with E-state index in [1.54, 1.807) is 24.4 Å². The zero-order valence-corrected chi connectivity index (χ0v) is 14.2. The average Bonchev–Trinajstić information content (AvgIpc) is 3.30. The largest absolute Gasteiger partial charge is 0.353 e. The highest BCUT2D eigenvalue weighted by Crippen LogP contribution is 2.30. The Morgan fingerprint density at radius 1 is 1.00 bits per heavy atom. The predicted molar refractivity (Wildman–Crippen MR) is 103 cm³/mol. The molecule has 27 heavy (non-hydrogen) atoms. The van der Waals surface area contributed by atoms with Gasteiger partial charge < -0.3 is 10.3 Å². The Kier molecular flexibility index (Phi) is 3.43. The van der Waals surface area contributed by atoms with Crippen LogP contribution in [0.2, 0.25) is 0 Å².